The lowest BCUT2D eigenvalue weighted by molar-refractivity contribution is -0.116. The van der Waals surface area contributed by atoms with E-state index in [-0.39, 0.29) is 17.6 Å². The van der Waals surface area contributed by atoms with Gasteiger partial charge in [-0.15, -0.1) is 0 Å². The molecule has 0 saturated heterocycles. The number of amides is 1. The zero-order chi connectivity index (χ0) is 19.3. The van der Waals surface area contributed by atoms with E-state index in [4.69, 9.17) is 0 Å². The summed E-state index contributed by atoms with van der Waals surface area (Å²) in [4.78, 5) is 12.5. The van der Waals surface area contributed by atoms with Crippen LogP contribution in [0, 0.1) is 12.7 Å². The zero-order valence-electron chi connectivity index (χ0n) is 15.3. The number of carbonyl (C=O) groups is 1. The van der Waals surface area contributed by atoms with Gasteiger partial charge in [0, 0.05) is 17.9 Å². The van der Waals surface area contributed by atoms with Gasteiger partial charge in [-0.3, -0.25) is 4.79 Å². The van der Waals surface area contributed by atoms with Crippen molar-refractivity contribution in [1.29, 1.82) is 0 Å². The highest BCUT2D eigenvalue weighted by atomic mass is 19.1. The highest BCUT2D eigenvalue weighted by molar-refractivity contribution is 5.95. The molecule has 3 aromatic carbocycles. The molecule has 1 N–H and O–H groups in total. The van der Waals surface area contributed by atoms with E-state index in [0.29, 0.717) is 17.9 Å². The predicted octanol–water partition coefficient (Wildman–Crippen LogP) is 4.95. The number of hydrogen-bond acceptors (Lipinski definition) is 2. The molecule has 5 rings (SSSR count). The van der Waals surface area contributed by atoms with E-state index in [0.717, 1.165) is 22.2 Å². The number of hydrogen-bond donors (Lipinski definition) is 1. The number of anilines is 1. The van der Waals surface area contributed by atoms with Gasteiger partial charge in [0.2, 0.25) is 5.91 Å². The van der Waals surface area contributed by atoms with E-state index < -0.39 is 0 Å². The van der Waals surface area contributed by atoms with Gasteiger partial charge in [-0.2, -0.15) is 5.10 Å². The summed E-state index contributed by atoms with van der Waals surface area (Å²) in [7, 11) is 0. The number of nitrogens with zero attached hydrogens (tertiary/aromatic N) is 2. The third kappa shape index (κ3) is 2.67. The summed E-state index contributed by atoms with van der Waals surface area (Å²) in [6.45, 7) is 1.93. The van der Waals surface area contributed by atoms with Crippen molar-refractivity contribution < 1.29 is 9.18 Å². The zero-order valence-corrected chi connectivity index (χ0v) is 15.3. The molecule has 1 aliphatic rings. The van der Waals surface area contributed by atoms with Crippen molar-refractivity contribution in [2.24, 2.45) is 0 Å². The number of aromatic nitrogens is 2. The van der Waals surface area contributed by atoms with Crippen molar-refractivity contribution in [1.82, 2.24) is 9.78 Å². The number of aryl methyl sites for hydroxylation is 1. The van der Waals surface area contributed by atoms with Gasteiger partial charge in [-0.1, -0.05) is 48.5 Å². The molecule has 0 aliphatic carbocycles. The SMILES string of the molecule is Cc1nn(-c2cccc(F)c2)c2c1C(c1ccc3ccccc3c1)CC(=O)N2. The molecule has 0 radical (unpaired) electrons. The second-order valence-electron chi connectivity index (χ2n) is 7.15. The normalized spacial score (nSPS) is 16.1. The third-order valence-electron chi connectivity index (χ3n) is 5.33. The van der Waals surface area contributed by atoms with E-state index in [1.807, 2.05) is 19.1 Å². The molecule has 0 spiro atoms. The Labute approximate surface area is 161 Å². The van der Waals surface area contributed by atoms with Gasteiger partial charge in [0.15, 0.2) is 0 Å². The molecule has 1 aliphatic heterocycles. The fourth-order valence-electron chi connectivity index (χ4n) is 4.05. The van der Waals surface area contributed by atoms with Crippen LogP contribution in [0.25, 0.3) is 16.5 Å². The Morgan fingerprint density at radius 3 is 2.68 bits per heavy atom. The number of fused-ring (bicyclic) bond motifs is 2. The quantitative estimate of drug-likeness (QED) is 0.542. The fraction of sp³-hybridized carbons (Fsp3) is 0.130. The monoisotopic (exact) mass is 371 g/mol. The Balaban J connectivity index is 1.68. The molecule has 5 heteroatoms. The van der Waals surface area contributed by atoms with E-state index in [1.165, 1.54) is 17.5 Å². The molecule has 4 nitrogen and oxygen atoms in total. The van der Waals surface area contributed by atoms with Crippen LogP contribution >= 0.6 is 0 Å². The van der Waals surface area contributed by atoms with Crippen LogP contribution in [0.5, 0.6) is 0 Å². The first-order chi connectivity index (χ1) is 13.6. The van der Waals surface area contributed by atoms with E-state index in [1.54, 1.807) is 16.8 Å². The lowest BCUT2D eigenvalue weighted by atomic mass is 9.85. The number of rotatable bonds is 2. The number of halogens is 1. The van der Waals surface area contributed by atoms with Crippen molar-refractivity contribution in [3.05, 3.63) is 89.4 Å². The highest BCUT2D eigenvalue weighted by Crippen LogP contribution is 2.40. The molecule has 28 heavy (non-hydrogen) atoms. The van der Waals surface area contributed by atoms with Crippen LogP contribution in [0.4, 0.5) is 10.2 Å². The first kappa shape index (κ1) is 16.7. The summed E-state index contributed by atoms with van der Waals surface area (Å²) >= 11 is 0. The van der Waals surface area contributed by atoms with Crippen LogP contribution in [0.15, 0.2) is 66.7 Å². The van der Waals surface area contributed by atoms with Crippen LogP contribution in [-0.4, -0.2) is 15.7 Å². The van der Waals surface area contributed by atoms with Crippen LogP contribution in [0.2, 0.25) is 0 Å². The summed E-state index contributed by atoms with van der Waals surface area (Å²) in [6.07, 6.45) is 0.362. The number of nitrogens with one attached hydrogen (secondary N) is 1. The van der Waals surface area contributed by atoms with Crippen molar-refractivity contribution in [2.75, 3.05) is 5.32 Å². The minimum absolute atomic E-state index is 0.0665. The average molecular weight is 371 g/mol. The summed E-state index contributed by atoms with van der Waals surface area (Å²) in [5, 5.41) is 9.86. The minimum Gasteiger partial charge on any atom is -0.310 e. The number of carbonyl (C=O) groups excluding carboxylic acids is 1. The maximum Gasteiger partial charge on any atom is 0.226 e. The molecule has 0 saturated carbocycles. The standard InChI is InChI=1S/C23H18FN3O/c1-14-22-20(17-10-9-15-5-2-3-6-16(15)11-17)13-21(28)25-23(22)27(26-14)19-8-4-7-18(24)12-19/h2-12,20H,13H2,1H3,(H,25,28). The Kier molecular flexibility index (Phi) is 3.76. The lowest BCUT2D eigenvalue weighted by Gasteiger charge is -2.24. The van der Waals surface area contributed by atoms with Gasteiger partial charge >= 0.3 is 0 Å². The second kappa shape index (κ2) is 6.30. The summed E-state index contributed by atoms with van der Waals surface area (Å²) in [5.74, 6) is 0.129. The lowest BCUT2D eigenvalue weighted by Crippen LogP contribution is -2.25. The van der Waals surface area contributed by atoms with Gasteiger partial charge in [-0.05, 0) is 41.5 Å². The average Bonchev–Trinajstić information content (AvgIpc) is 3.03. The van der Waals surface area contributed by atoms with Gasteiger partial charge in [0.05, 0.1) is 11.4 Å². The van der Waals surface area contributed by atoms with Gasteiger partial charge < -0.3 is 5.32 Å². The summed E-state index contributed by atoms with van der Waals surface area (Å²) in [5.41, 5.74) is 3.48. The van der Waals surface area contributed by atoms with Crippen molar-refractivity contribution >= 4 is 22.5 Å². The highest BCUT2D eigenvalue weighted by Gasteiger charge is 2.32. The molecule has 4 aromatic rings. The molecular formula is C23H18FN3O. The van der Waals surface area contributed by atoms with Crippen molar-refractivity contribution in [3.63, 3.8) is 0 Å². The van der Waals surface area contributed by atoms with E-state index in [9.17, 15) is 9.18 Å². The Bertz CT molecular complexity index is 1230. The first-order valence-electron chi connectivity index (χ1n) is 9.24. The summed E-state index contributed by atoms with van der Waals surface area (Å²) < 4.78 is 15.4. The van der Waals surface area contributed by atoms with Crippen molar-refractivity contribution in [3.8, 4) is 5.69 Å². The molecule has 138 valence electrons. The molecule has 1 atom stereocenters. The molecule has 1 unspecified atom stereocenters. The Morgan fingerprint density at radius 2 is 1.86 bits per heavy atom. The summed E-state index contributed by atoms with van der Waals surface area (Å²) in [6, 6.07) is 20.7. The molecule has 0 bridgehead atoms. The maximum atomic E-state index is 13.7. The second-order valence-corrected chi connectivity index (χ2v) is 7.15. The van der Waals surface area contributed by atoms with E-state index in [2.05, 4.69) is 40.7 Å². The van der Waals surface area contributed by atoms with Crippen LogP contribution in [-0.2, 0) is 4.79 Å². The molecule has 2 heterocycles. The van der Waals surface area contributed by atoms with Crippen molar-refractivity contribution in [2.45, 2.75) is 19.3 Å². The third-order valence-corrected chi connectivity index (χ3v) is 5.33. The topological polar surface area (TPSA) is 46.9 Å². The van der Waals surface area contributed by atoms with Gasteiger partial charge in [0.25, 0.3) is 0 Å². The first-order valence-corrected chi connectivity index (χ1v) is 9.24. The number of benzene rings is 3. The Morgan fingerprint density at radius 1 is 1.04 bits per heavy atom. The fourth-order valence-corrected chi connectivity index (χ4v) is 4.05. The molecule has 1 aromatic heterocycles. The predicted molar refractivity (Wildman–Crippen MR) is 107 cm³/mol. The van der Waals surface area contributed by atoms with Crippen LogP contribution in [0.3, 0.4) is 0 Å². The van der Waals surface area contributed by atoms with E-state index >= 15 is 0 Å². The molecular weight excluding hydrogens is 353 g/mol. The maximum absolute atomic E-state index is 13.7. The van der Waals surface area contributed by atoms with Gasteiger partial charge in [0.1, 0.15) is 11.6 Å². The Hall–Kier alpha value is -3.47. The molecule has 0 fully saturated rings. The minimum atomic E-state index is -0.340. The largest absolute Gasteiger partial charge is 0.310 e. The van der Waals surface area contributed by atoms with Crippen LogP contribution < -0.4 is 5.32 Å². The van der Waals surface area contributed by atoms with Gasteiger partial charge in [-0.25, -0.2) is 9.07 Å². The molecule has 1 amide bonds. The smallest absolute Gasteiger partial charge is 0.226 e. The van der Waals surface area contributed by atoms with Crippen LogP contribution in [0.1, 0.15) is 29.2 Å².